The van der Waals surface area contributed by atoms with Gasteiger partial charge in [-0.05, 0) is 49.6 Å². The second-order valence-electron chi connectivity index (χ2n) is 5.35. The molecule has 0 saturated carbocycles. The van der Waals surface area contributed by atoms with E-state index in [4.69, 9.17) is 0 Å². The number of rotatable bonds is 5. The normalized spacial score (nSPS) is 16.4. The number of anilines is 1. The predicted molar refractivity (Wildman–Crippen MR) is 86.8 cm³/mol. The molecular formula is C16H25BrN2. The molecule has 106 valence electrons. The number of hydrogen-bond donors (Lipinski definition) is 1. The summed E-state index contributed by atoms with van der Waals surface area (Å²) >= 11 is 3.60. The molecule has 1 aromatic rings. The number of halogens is 1. The van der Waals surface area contributed by atoms with Gasteiger partial charge in [-0.15, -0.1) is 0 Å². The maximum atomic E-state index is 3.60. The summed E-state index contributed by atoms with van der Waals surface area (Å²) in [6.45, 7) is 6.69. The number of nitrogens with zero attached hydrogens (tertiary/aromatic N) is 1. The summed E-state index contributed by atoms with van der Waals surface area (Å²) < 4.78 is 1.18. The molecule has 0 spiro atoms. The molecule has 0 aromatic heterocycles. The molecule has 2 nitrogen and oxygen atoms in total. The lowest BCUT2D eigenvalue weighted by Crippen LogP contribution is -2.26. The van der Waals surface area contributed by atoms with E-state index in [-0.39, 0.29) is 0 Å². The van der Waals surface area contributed by atoms with Gasteiger partial charge in [-0.3, -0.25) is 0 Å². The van der Waals surface area contributed by atoms with Crippen LogP contribution >= 0.6 is 15.9 Å². The van der Waals surface area contributed by atoms with Crippen LogP contribution < -0.4 is 10.2 Å². The third-order valence-electron chi connectivity index (χ3n) is 3.73. The zero-order valence-corrected chi connectivity index (χ0v) is 13.5. The Bertz CT molecular complexity index is 384. The van der Waals surface area contributed by atoms with E-state index >= 15 is 0 Å². The van der Waals surface area contributed by atoms with Gasteiger partial charge < -0.3 is 10.2 Å². The number of nitrogens with one attached hydrogen (secondary N) is 1. The van der Waals surface area contributed by atoms with Crippen LogP contribution in [0.3, 0.4) is 0 Å². The van der Waals surface area contributed by atoms with Gasteiger partial charge >= 0.3 is 0 Å². The molecule has 1 aromatic carbocycles. The fourth-order valence-corrected chi connectivity index (χ4v) is 3.12. The van der Waals surface area contributed by atoms with Crippen LogP contribution in [0.15, 0.2) is 22.7 Å². The Morgan fingerprint density at radius 3 is 2.58 bits per heavy atom. The Kier molecular flexibility index (Phi) is 6.18. The molecule has 1 heterocycles. The Hall–Kier alpha value is -0.540. The van der Waals surface area contributed by atoms with Crippen molar-refractivity contribution in [2.75, 3.05) is 24.5 Å². The molecule has 1 aliphatic heterocycles. The maximum absolute atomic E-state index is 3.60. The minimum Gasteiger partial charge on any atom is -0.371 e. The largest absolute Gasteiger partial charge is 0.371 e. The van der Waals surface area contributed by atoms with Gasteiger partial charge in [0, 0.05) is 29.8 Å². The van der Waals surface area contributed by atoms with Gasteiger partial charge in [0.15, 0.2) is 0 Å². The summed E-state index contributed by atoms with van der Waals surface area (Å²) in [5.74, 6) is 0. The van der Waals surface area contributed by atoms with Crippen LogP contribution in [0.1, 0.15) is 44.6 Å². The van der Waals surface area contributed by atoms with Crippen molar-refractivity contribution in [3.8, 4) is 0 Å². The highest BCUT2D eigenvalue weighted by atomic mass is 79.9. The first-order chi connectivity index (χ1) is 9.31. The van der Waals surface area contributed by atoms with Gasteiger partial charge in [-0.2, -0.15) is 0 Å². The first-order valence-corrected chi connectivity index (χ1v) is 8.34. The molecule has 0 aliphatic carbocycles. The second kappa shape index (κ2) is 7.91. The third kappa shape index (κ3) is 4.50. The lowest BCUT2D eigenvalue weighted by molar-refractivity contribution is 0.671. The van der Waals surface area contributed by atoms with Gasteiger partial charge in [0.2, 0.25) is 0 Å². The van der Waals surface area contributed by atoms with Crippen LogP contribution in [0, 0.1) is 0 Å². The molecule has 1 saturated heterocycles. The van der Waals surface area contributed by atoms with E-state index in [0.29, 0.717) is 0 Å². The van der Waals surface area contributed by atoms with Crippen molar-refractivity contribution in [2.45, 2.75) is 45.6 Å². The molecule has 0 atom stereocenters. The van der Waals surface area contributed by atoms with Gasteiger partial charge in [0.1, 0.15) is 0 Å². The third-order valence-corrected chi connectivity index (χ3v) is 4.22. The first kappa shape index (κ1) is 14.9. The summed E-state index contributed by atoms with van der Waals surface area (Å²) in [5.41, 5.74) is 2.85. The van der Waals surface area contributed by atoms with Gasteiger partial charge in [-0.1, -0.05) is 35.7 Å². The van der Waals surface area contributed by atoms with Crippen molar-refractivity contribution in [3.63, 3.8) is 0 Å². The highest BCUT2D eigenvalue weighted by Crippen LogP contribution is 2.27. The highest BCUT2D eigenvalue weighted by Gasteiger charge is 2.13. The summed E-state index contributed by atoms with van der Waals surface area (Å²) in [6, 6.07) is 6.71. The molecule has 0 unspecified atom stereocenters. The highest BCUT2D eigenvalue weighted by molar-refractivity contribution is 9.10. The van der Waals surface area contributed by atoms with Crippen molar-refractivity contribution in [3.05, 3.63) is 28.2 Å². The van der Waals surface area contributed by atoms with E-state index in [1.165, 1.54) is 60.9 Å². The summed E-state index contributed by atoms with van der Waals surface area (Å²) in [6.07, 6.45) is 6.62. The average molecular weight is 325 g/mol. The fraction of sp³-hybridized carbons (Fsp3) is 0.625. The Morgan fingerprint density at radius 1 is 1.16 bits per heavy atom. The molecule has 1 aliphatic rings. The van der Waals surface area contributed by atoms with Crippen LogP contribution in [0.2, 0.25) is 0 Å². The van der Waals surface area contributed by atoms with E-state index < -0.39 is 0 Å². The second-order valence-corrected chi connectivity index (χ2v) is 6.27. The minimum atomic E-state index is 0.971. The molecule has 3 heteroatoms. The smallest absolute Gasteiger partial charge is 0.0412 e. The Balaban J connectivity index is 2.12. The molecule has 2 rings (SSSR count). The monoisotopic (exact) mass is 324 g/mol. The van der Waals surface area contributed by atoms with Gasteiger partial charge in [0.05, 0.1) is 0 Å². The standard InChI is InChI=1S/C16H25BrN2/c1-2-9-18-13-14-12-15(17)7-8-16(14)19-10-5-3-4-6-11-19/h7-8,12,18H,2-6,9-11,13H2,1H3. The van der Waals surface area contributed by atoms with Crippen molar-refractivity contribution in [2.24, 2.45) is 0 Å². The average Bonchev–Trinajstić information content (AvgIpc) is 2.68. The van der Waals surface area contributed by atoms with E-state index in [9.17, 15) is 0 Å². The quantitative estimate of drug-likeness (QED) is 0.811. The van der Waals surface area contributed by atoms with Gasteiger partial charge in [-0.25, -0.2) is 0 Å². The molecular weight excluding hydrogens is 300 g/mol. The minimum absolute atomic E-state index is 0.971. The summed E-state index contributed by atoms with van der Waals surface area (Å²) in [5, 5.41) is 3.53. The van der Waals surface area contributed by atoms with Crippen LogP contribution in [0.25, 0.3) is 0 Å². The van der Waals surface area contributed by atoms with E-state index in [1.54, 1.807) is 0 Å². The van der Waals surface area contributed by atoms with Crippen molar-refractivity contribution < 1.29 is 0 Å². The Morgan fingerprint density at radius 2 is 1.89 bits per heavy atom. The zero-order valence-electron chi connectivity index (χ0n) is 11.9. The Labute approximate surface area is 125 Å². The summed E-state index contributed by atoms with van der Waals surface area (Å²) in [7, 11) is 0. The van der Waals surface area contributed by atoms with E-state index in [1.807, 2.05) is 0 Å². The van der Waals surface area contributed by atoms with Gasteiger partial charge in [0.25, 0.3) is 0 Å². The molecule has 0 bridgehead atoms. The zero-order chi connectivity index (χ0) is 13.5. The van der Waals surface area contributed by atoms with Crippen molar-refractivity contribution in [1.82, 2.24) is 5.32 Å². The van der Waals surface area contributed by atoms with Crippen LogP contribution in [-0.2, 0) is 6.54 Å². The fourth-order valence-electron chi connectivity index (χ4n) is 2.72. The molecule has 0 amide bonds. The maximum Gasteiger partial charge on any atom is 0.0412 e. The molecule has 1 N–H and O–H groups in total. The molecule has 0 radical (unpaired) electrons. The SMILES string of the molecule is CCCNCc1cc(Br)ccc1N1CCCCCC1. The van der Waals surface area contributed by atoms with Crippen molar-refractivity contribution in [1.29, 1.82) is 0 Å². The lowest BCUT2D eigenvalue weighted by atomic mass is 10.1. The van der Waals surface area contributed by atoms with Crippen molar-refractivity contribution >= 4 is 21.6 Å². The first-order valence-electron chi connectivity index (χ1n) is 7.55. The number of hydrogen-bond acceptors (Lipinski definition) is 2. The van der Waals surface area contributed by atoms with E-state index in [2.05, 4.69) is 51.3 Å². The molecule has 1 fully saturated rings. The summed E-state index contributed by atoms with van der Waals surface area (Å²) in [4.78, 5) is 2.57. The topological polar surface area (TPSA) is 15.3 Å². The predicted octanol–water partition coefficient (Wildman–Crippen LogP) is 4.33. The molecule has 19 heavy (non-hydrogen) atoms. The number of benzene rings is 1. The van der Waals surface area contributed by atoms with E-state index in [0.717, 1.165) is 13.1 Å². The lowest BCUT2D eigenvalue weighted by Gasteiger charge is -2.26. The van der Waals surface area contributed by atoms with Crippen LogP contribution in [0.4, 0.5) is 5.69 Å². The van der Waals surface area contributed by atoms with Crippen LogP contribution in [0.5, 0.6) is 0 Å². The van der Waals surface area contributed by atoms with Crippen LogP contribution in [-0.4, -0.2) is 19.6 Å².